The highest BCUT2D eigenvalue weighted by Gasteiger charge is 2.17. The van der Waals surface area contributed by atoms with Gasteiger partial charge in [0.1, 0.15) is 6.54 Å². The van der Waals surface area contributed by atoms with E-state index >= 15 is 0 Å². The largest absolute Gasteiger partial charge is 0.354 e. The predicted molar refractivity (Wildman–Crippen MR) is 89.8 cm³/mol. The predicted octanol–water partition coefficient (Wildman–Crippen LogP) is 0.130. The van der Waals surface area contributed by atoms with Crippen LogP contribution in [0.4, 0.5) is 0 Å². The summed E-state index contributed by atoms with van der Waals surface area (Å²) < 4.78 is 3.85. The molecule has 3 rings (SSSR count). The Kier molecular flexibility index (Phi) is 4.55. The van der Waals surface area contributed by atoms with Crippen molar-refractivity contribution in [2.24, 2.45) is 20.0 Å². The van der Waals surface area contributed by atoms with E-state index in [2.05, 4.69) is 10.3 Å². The second-order valence-corrected chi connectivity index (χ2v) is 6.56. The maximum Gasteiger partial charge on any atom is 0.332 e. The van der Waals surface area contributed by atoms with Crippen LogP contribution in [0.15, 0.2) is 15.9 Å². The maximum absolute atomic E-state index is 12.3. The van der Waals surface area contributed by atoms with Crippen molar-refractivity contribution in [3.63, 3.8) is 0 Å². The summed E-state index contributed by atoms with van der Waals surface area (Å²) in [5, 5.41) is 2.95. The monoisotopic (exact) mass is 333 g/mol. The van der Waals surface area contributed by atoms with Crippen molar-refractivity contribution in [3.05, 3.63) is 27.2 Å². The number of carbonyl (C=O) groups is 1. The first-order chi connectivity index (χ1) is 11.5. The van der Waals surface area contributed by atoms with Crippen molar-refractivity contribution < 1.29 is 4.79 Å². The molecule has 0 unspecified atom stereocenters. The summed E-state index contributed by atoms with van der Waals surface area (Å²) >= 11 is 0. The highest BCUT2D eigenvalue weighted by atomic mass is 16.2. The SMILES string of the molecule is Cn1c(=O)c2c(ncn2CC(=O)NCC2CCCCC2)n(C)c1=O. The van der Waals surface area contributed by atoms with Gasteiger partial charge in [-0.05, 0) is 18.8 Å². The smallest absolute Gasteiger partial charge is 0.332 e. The first-order valence-electron chi connectivity index (χ1n) is 8.36. The Morgan fingerprint density at radius 1 is 1.21 bits per heavy atom. The highest BCUT2D eigenvalue weighted by molar-refractivity contribution is 5.78. The summed E-state index contributed by atoms with van der Waals surface area (Å²) in [7, 11) is 2.98. The van der Waals surface area contributed by atoms with E-state index < -0.39 is 11.2 Å². The summed E-state index contributed by atoms with van der Waals surface area (Å²) in [5.41, 5.74) is -0.305. The third-order valence-corrected chi connectivity index (χ3v) is 4.84. The normalized spacial score (nSPS) is 15.8. The highest BCUT2D eigenvalue weighted by Crippen LogP contribution is 2.22. The zero-order valence-electron chi connectivity index (χ0n) is 14.1. The fourth-order valence-electron chi connectivity index (χ4n) is 3.38. The van der Waals surface area contributed by atoms with Gasteiger partial charge >= 0.3 is 5.69 Å². The minimum Gasteiger partial charge on any atom is -0.354 e. The fraction of sp³-hybridized carbons (Fsp3) is 0.625. The first kappa shape index (κ1) is 16.5. The number of hydrogen-bond acceptors (Lipinski definition) is 4. The van der Waals surface area contributed by atoms with Crippen molar-refractivity contribution in [1.82, 2.24) is 24.0 Å². The van der Waals surface area contributed by atoms with Gasteiger partial charge in [-0.1, -0.05) is 19.3 Å². The number of amides is 1. The molecule has 2 aromatic rings. The summed E-state index contributed by atoms with van der Waals surface area (Å²) in [6.07, 6.45) is 7.51. The second kappa shape index (κ2) is 6.62. The van der Waals surface area contributed by atoms with Gasteiger partial charge < -0.3 is 9.88 Å². The van der Waals surface area contributed by atoms with E-state index in [0.29, 0.717) is 18.1 Å². The lowest BCUT2D eigenvalue weighted by atomic mass is 9.89. The molecular formula is C16H23N5O3. The zero-order valence-corrected chi connectivity index (χ0v) is 14.1. The van der Waals surface area contributed by atoms with Gasteiger partial charge in [0.15, 0.2) is 11.2 Å². The van der Waals surface area contributed by atoms with Crippen LogP contribution in [0.1, 0.15) is 32.1 Å². The van der Waals surface area contributed by atoms with E-state index in [1.54, 1.807) is 7.05 Å². The minimum atomic E-state index is -0.439. The van der Waals surface area contributed by atoms with E-state index in [1.165, 1.54) is 41.8 Å². The molecule has 24 heavy (non-hydrogen) atoms. The molecule has 0 bridgehead atoms. The molecule has 0 aromatic carbocycles. The number of nitrogens with one attached hydrogen (secondary N) is 1. The topological polar surface area (TPSA) is 90.9 Å². The number of aryl methyl sites for hydroxylation is 1. The number of fused-ring (bicyclic) bond motifs is 1. The summed E-state index contributed by atoms with van der Waals surface area (Å²) in [6.45, 7) is 0.707. The summed E-state index contributed by atoms with van der Waals surface area (Å²) in [4.78, 5) is 40.6. The lowest BCUT2D eigenvalue weighted by Crippen LogP contribution is -2.38. The van der Waals surface area contributed by atoms with Gasteiger partial charge in [0, 0.05) is 20.6 Å². The molecule has 1 N–H and O–H groups in total. The Labute approximate surface area is 139 Å². The Morgan fingerprint density at radius 3 is 2.62 bits per heavy atom. The van der Waals surface area contributed by atoms with E-state index in [9.17, 15) is 14.4 Å². The summed E-state index contributed by atoms with van der Waals surface area (Å²) in [6, 6.07) is 0. The molecule has 0 saturated heterocycles. The fourth-order valence-corrected chi connectivity index (χ4v) is 3.38. The molecule has 2 heterocycles. The van der Waals surface area contributed by atoms with Gasteiger partial charge in [0.25, 0.3) is 5.56 Å². The molecule has 130 valence electrons. The van der Waals surface area contributed by atoms with Crippen LogP contribution in [0.25, 0.3) is 11.2 Å². The second-order valence-electron chi connectivity index (χ2n) is 6.56. The van der Waals surface area contributed by atoms with Crippen LogP contribution in [-0.2, 0) is 25.4 Å². The van der Waals surface area contributed by atoms with Crippen LogP contribution in [0.5, 0.6) is 0 Å². The van der Waals surface area contributed by atoms with E-state index in [4.69, 9.17) is 0 Å². The standard InChI is InChI=1S/C16H23N5O3/c1-19-14-13(15(23)20(2)16(19)24)21(10-18-14)9-12(22)17-8-11-6-4-3-5-7-11/h10-11H,3-9H2,1-2H3,(H,17,22). The van der Waals surface area contributed by atoms with Crippen LogP contribution in [0.3, 0.4) is 0 Å². The zero-order chi connectivity index (χ0) is 17.3. The molecule has 0 aliphatic heterocycles. The molecule has 0 atom stereocenters. The molecule has 0 spiro atoms. The molecule has 1 aliphatic carbocycles. The number of hydrogen-bond donors (Lipinski definition) is 1. The van der Waals surface area contributed by atoms with E-state index in [-0.39, 0.29) is 18.0 Å². The maximum atomic E-state index is 12.3. The number of aromatic nitrogens is 4. The van der Waals surface area contributed by atoms with Crippen LogP contribution in [-0.4, -0.2) is 31.1 Å². The number of rotatable bonds is 4. The average molecular weight is 333 g/mol. The molecule has 1 saturated carbocycles. The lowest BCUT2D eigenvalue weighted by molar-refractivity contribution is -0.121. The van der Waals surface area contributed by atoms with E-state index in [1.807, 2.05) is 0 Å². The Morgan fingerprint density at radius 2 is 1.92 bits per heavy atom. The van der Waals surface area contributed by atoms with Crippen molar-refractivity contribution in [3.8, 4) is 0 Å². The Hall–Kier alpha value is -2.38. The Balaban J connectivity index is 1.77. The minimum absolute atomic E-state index is 0.0245. The Bertz CT molecular complexity index is 870. The number of imidazole rings is 1. The van der Waals surface area contributed by atoms with Crippen LogP contribution in [0, 0.1) is 5.92 Å². The molecular weight excluding hydrogens is 310 g/mol. The van der Waals surface area contributed by atoms with Gasteiger partial charge in [-0.2, -0.15) is 0 Å². The van der Waals surface area contributed by atoms with Gasteiger partial charge in [0.05, 0.1) is 6.33 Å². The van der Waals surface area contributed by atoms with Crippen molar-refractivity contribution in [2.75, 3.05) is 6.54 Å². The molecule has 2 aromatic heterocycles. The van der Waals surface area contributed by atoms with Crippen molar-refractivity contribution >= 4 is 17.1 Å². The lowest BCUT2D eigenvalue weighted by Gasteiger charge is -2.21. The van der Waals surface area contributed by atoms with Crippen LogP contribution < -0.4 is 16.6 Å². The third kappa shape index (κ3) is 3.00. The van der Waals surface area contributed by atoms with Gasteiger partial charge in [-0.25, -0.2) is 9.78 Å². The number of carbonyl (C=O) groups excluding carboxylic acids is 1. The number of nitrogens with zero attached hydrogens (tertiary/aromatic N) is 4. The van der Waals surface area contributed by atoms with Gasteiger partial charge in [0.2, 0.25) is 5.91 Å². The average Bonchev–Trinajstić information content (AvgIpc) is 3.01. The molecule has 8 nitrogen and oxygen atoms in total. The first-order valence-corrected chi connectivity index (χ1v) is 8.36. The van der Waals surface area contributed by atoms with Crippen LogP contribution >= 0.6 is 0 Å². The third-order valence-electron chi connectivity index (χ3n) is 4.84. The van der Waals surface area contributed by atoms with Crippen molar-refractivity contribution in [1.29, 1.82) is 0 Å². The molecule has 1 amide bonds. The molecule has 0 radical (unpaired) electrons. The van der Waals surface area contributed by atoms with Crippen molar-refractivity contribution in [2.45, 2.75) is 38.6 Å². The van der Waals surface area contributed by atoms with Gasteiger partial charge in [-0.3, -0.25) is 18.7 Å². The van der Waals surface area contributed by atoms with Crippen LogP contribution in [0.2, 0.25) is 0 Å². The molecule has 8 heteroatoms. The van der Waals surface area contributed by atoms with E-state index in [0.717, 1.165) is 17.4 Å². The molecule has 1 fully saturated rings. The quantitative estimate of drug-likeness (QED) is 0.861. The summed E-state index contributed by atoms with van der Waals surface area (Å²) in [5.74, 6) is 0.409. The van der Waals surface area contributed by atoms with Gasteiger partial charge in [-0.15, -0.1) is 0 Å². The molecule has 1 aliphatic rings.